The Hall–Kier alpha value is -1.50. The maximum absolute atomic E-state index is 13.7. The zero-order valence-corrected chi connectivity index (χ0v) is 13.8. The van der Waals surface area contributed by atoms with E-state index >= 15 is 0 Å². The van der Waals surface area contributed by atoms with Gasteiger partial charge in [-0.2, -0.15) is 4.98 Å². The molecule has 5 nitrogen and oxygen atoms in total. The van der Waals surface area contributed by atoms with Gasteiger partial charge in [0.2, 0.25) is 11.2 Å². The van der Waals surface area contributed by atoms with Crippen LogP contribution in [0.1, 0.15) is 32.6 Å². The number of carbonyl (C=O) groups is 1. The number of aldehydes is 1. The van der Waals surface area contributed by atoms with Crippen LogP contribution in [0.3, 0.4) is 0 Å². The van der Waals surface area contributed by atoms with Crippen LogP contribution in [0.4, 0.5) is 20.3 Å². The summed E-state index contributed by atoms with van der Waals surface area (Å²) in [6.07, 6.45) is 3.08. The third-order valence-corrected chi connectivity index (χ3v) is 5.05. The van der Waals surface area contributed by atoms with Gasteiger partial charge in [0.1, 0.15) is 12.3 Å². The summed E-state index contributed by atoms with van der Waals surface area (Å²) in [5.41, 5.74) is 0.645. The minimum Gasteiger partial charge on any atom is -0.359 e. The third kappa shape index (κ3) is 2.75. The van der Waals surface area contributed by atoms with Crippen LogP contribution in [0.5, 0.6) is 0 Å². The van der Waals surface area contributed by atoms with Crippen molar-refractivity contribution < 1.29 is 13.6 Å². The van der Waals surface area contributed by atoms with E-state index < -0.39 is 12.0 Å². The fraction of sp³-hybridized carbons (Fsp3) is 0.667. The lowest BCUT2D eigenvalue weighted by molar-refractivity contribution is -0.109. The molecular formula is C15H19ClF2N4O. The highest BCUT2D eigenvalue weighted by Crippen LogP contribution is 2.44. The fourth-order valence-corrected chi connectivity index (χ4v) is 3.88. The van der Waals surface area contributed by atoms with E-state index in [0.29, 0.717) is 24.3 Å². The maximum Gasteiger partial charge on any atom is 0.250 e. The van der Waals surface area contributed by atoms with Gasteiger partial charge >= 0.3 is 0 Å². The number of likely N-dealkylation sites (N-methyl/N-ethyl adjacent to an activating group) is 1. The first-order valence-corrected chi connectivity index (χ1v) is 8.12. The smallest absolute Gasteiger partial charge is 0.250 e. The summed E-state index contributed by atoms with van der Waals surface area (Å²) in [6.45, 7) is 1.95. The lowest BCUT2D eigenvalue weighted by Gasteiger charge is -2.48. The quantitative estimate of drug-likeness (QED) is 0.623. The van der Waals surface area contributed by atoms with Gasteiger partial charge in [0.15, 0.2) is 5.82 Å². The van der Waals surface area contributed by atoms with Gasteiger partial charge in [-0.25, -0.2) is 13.8 Å². The molecule has 23 heavy (non-hydrogen) atoms. The van der Waals surface area contributed by atoms with Crippen molar-refractivity contribution in [3.63, 3.8) is 0 Å². The van der Waals surface area contributed by atoms with Crippen LogP contribution in [0.25, 0.3) is 0 Å². The molecule has 2 heterocycles. The van der Waals surface area contributed by atoms with Gasteiger partial charge in [-0.3, -0.25) is 0 Å². The highest BCUT2D eigenvalue weighted by molar-refractivity contribution is 6.28. The van der Waals surface area contributed by atoms with E-state index in [1.54, 1.807) is 18.1 Å². The summed E-state index contributed by atoms with van der Waals surface area (Å²) in [6, 6.07) is -0.989. The summed E-state index contributed by atoms with van der Waals surface area (Å²) in [4.78, 5) is 23.6. The van der Waals surface area contributed by atoms with E-state index in [0.717, 1.165) is 6.29 Å². The molecule has 0 bridgehead atoms. The molecule has 3 atom stereocenters. The second kappa shape index (κ2) is 5.85. The molecule has 0 spiro atoms. The molecule has 0 radical (unpaired) electrons. The van der Waals surface area contributed by atoms with Crippen molar-refractivity contribution in [1.29, 1.82) is 0 Å². The topological polar surface area (TPSA) is 49.3 Å². The Labute approximate surface area is 138 Å². The van der Waals surface area contributed by atoms with Crippen LogP contribution in [0.15, 0.2) is 6.20 Å². The van der Waals surface area contributed by atoms with Gasteiger partial charge in [-0.05, 0) is 24.4 Å². The van der Waals surface area contributed by atoms with Gasteiger partial charge in [0.25, 0.3) is 0 Å². The largest absolute Gasteiger partial charge is 0.359 e. The first kappa shape index (κ1) is 16.4. The number of rotatable bonds is 3. The SMILES string of the molecule is CCC1C(C=O)N(C)c2cnc(Cl)nc2N1[C@@H]1CCC(F)(F)C1. The standard InChI is InChI=1S/C15H19ClF2N4O/c1-3-10-12(8-23)21(2)11-7-19-14(16)20-13(11)22(10)9-4-5-15(17,18)6-9/h7-10,12H,3-6H2,1-2H3/t9-,10?,12?/m1/s1. The fourth-order valence-electron chi connectivity index (χ4n) is 3.75. The van der Waals surface area contributed by atoms with Crippen molar-refractivity contribution in [3.8, 4) is 0 Å². The second-order valence-electron chi connectivity index (χ2n) is 6.22. The molecule has 1 saturated carbocycles. The monoisotopic (exact) mass is 344 g/mol. The summed E-state index contributed by atoms with van der Waals surface area (Å²) < 4.78 is 27.5. The van der Waals surface area contributed by atoms with Crippen molar-refractivity contribution in [2.24, 2.45) is 0 Å². The highest BCUT2D eigenvalue weighted by Gasteiger charge is 2.48. The molecule has 0 saturated heterocycles. The van der Waals surface area contributed by atoms with E-state index in [4.69, 9.17) is 11.6 Å². The maximum atomic E-state index is 13.7. The number of fused-ring (bicyclic) bond motifs is 1. The normalized spacial score (nSPS) is 29.5. The van der Waals surface area contributed by atoms with Crippen molar-refractivity contribution >= 4 is 29.4 Å². The van der Waals surface area contributed by atoms with E-state index in [9.17, 15) is 13.6 Å². The number of hydrogen-bond donors (Lipinski definition) is 0. The molecule has 126 valence electrons. The number of hydrogen-bond acceptors (Lipinski definition) is 5. The number of anilines is 2. The van der Waals surface area contributed by atoms with Crippen LogP contribution in [0.2, 0.25) is 5.28 Å². The number of halogens is 3. The Kier molecular flexibility index (Phi) is 4.16. The molecule has 1 aliphatic carbocycles. The van der Waals surface area contributed by atoms with E-state index in [2.05, 4.69) is 9.97 Å². The molecule has 2 aliphatic rings. The van der Waals surface area contributed by atoms with Crippen LogP contribution in [0, 0.1) is 0 Å². The van der Waals surface area contributed by atoms with E-state index in [1.807, 2.05) is 11.8 Å². The summed E-state index contributed by atoms with van der Waals surface area (Å²) in [5, 5.41) is 0.0753. The predicted molar refractivity (Wildman–Crippen MR) is 84.4 cm³/mol. The Balaban J connectivity index is 2.09. The van der Waals surface area contributed by atoms with Crippen LogP contribution >= 0.6 is 11.6 Å². The average molecular weight is 345 g/mol. The van der Waals surface area contributed by atoms with E-state index in [-0.39, 0.29) is 30.2 Å². The summed E-state index contributed by atoms with van der Waals surface area (Å²) in [7, 11) is 1.79. The molecule has 0 N–H and O–H groups in total. The van der Waals surface area contributed by atoms with Crippen molar-refractivity contribution in [2.45, 2.75) is 56.7 Å². The van der Waals surface area contributed by atoms with Gasteiger partial charge in [0, 0.05) is 25.9 Å². The Bertz CT molecular complexity index is 615. The summed E-state index contributed by atoms with van der Waals surface area (Å²) in [5.74, 6) is -2.12. The average Bonchev–Trinajstić information content (AvgIpc) is 2.86. The zero-order valence-electron chi connectivity index (χ0n) is 13.0. The predicted octanol–water partition coefficient (Wildman–Crippen LogP) is 2.92. The number of alkyl halides is 2. The minimum absolute atomic E-state index is 0.0753. The minimum atomic E-state index is -2.67. The number of aromatic nitrogens is 2. The van der Waals surface area contributed by atoms with Gasteiger partial charge in [-0.15, -0.1) is 0 Å². The molecular weight excluding hydrogens is 326 g/mol. The first-order valence-electron chi connectivity index (χ1n) is 7.74. The van der Waals surface area contributed by atoms with Crippen molar-refractivity contribution in [3.05, 3.63) is 11.5 Å². The third-order valence-electron chi connectivity index (χ3n) is 4.87. The zero-order chi connectivity index (χ0) is 16.8. The van der Waals surface area contributed by atoms with Gasteiger partial charge < -0.3 is 14.6 Å². The van der Waals surface area contributed by atoms with Crippen LogP contribution < -0.4 is 9.80 Å². The lowest BCUT2D eigenvalue weighted by atomic mass is 9.96. The molecule has 0 amide bonds. The number of carbonyl (C=O) groups excluding carboxylic acids is 1. The Morgan fingerprint density at radius 1 is 1.52 bits per heavy atom. The number of nitrogens with zero attached hydrogens (tertiary/aromatic N) is 4. The summed E-state index contributed by atoms with van der Waals surface area (Å²) >= 11 is 5.93. The van der Waals surface area contributed by atoms with E-state index in [1.165, 1.54) is 0 Å². The van der Waals surface area contributed by atoms with Crippen molar-refractivity contribution in [1.82, 2.24) is 9.97 Å². The molecule has 0 aromatic carbocycles. The van der Waals surface area contributed by atoms with Gasteiger partial charge in [-0.1, -0.05) is 6.92 Å². The molecule has 1 aliphatic heterocycles. The Morgan fingerprint density at radius 2 is 2.26 bits per heavy atom. The van der Waals surface area contributed by atoms with Crippen LogP contribution in [-0.2, 0) is 4.79 Å². The first-order chi connectivity index (χ1) is 10.9. The Morgan fingerprint density at radius 3 is 2.83 bits per heavy atom. The molecule has 1 aromatic rings. The molecule has 3 rings (SSSR count). The van der Waals surface area contributed by atoms with Gasteiger partial charge in [0.05, 0.1) is 17.9 Å². The molecule has 1 aromatic heterocycles. The van der Waals surface area contributed by atoms with Crippen LogP contribution in [-0.4, -0.2) is 47.3 Å². The molecule has 2 unspecified atom stereocenters. The van der Waals surface area contributed by atoms with Crippen molar-refractivity contribution in [2.75, 3.05) is 16.8 Å². The second-order valence-corrected chi connectivity index (χ2v) is 6.56. The highest BCUT2D eigenvalue weighted by atomic mass is 35.5. The lowest BCUT2D eigenvalue weighted by Crippen LogP contribution is -2.59. The molecule has 1 fully saturated rings. The molecule has 8 heteroatoms.